The molecular formula is C17H20O2S2. The van der Waals surface area contributed by atoms with Crippen LogP contribution in [0.15, 0.2) is 35.0 Å². The smallest absolute Gasteiger partial charge is 0.178 e. The predicted octanol–water partition coefficient (Wildman–Crippen LogP) is 5.46. The lowest BCUT2D eigenvalue weighted by atomic mass is 9.82. The summed E-state index contributed by atoms with van der Waals surface area (Å²) >= 11 is 2.99. The van der Waals surface area contributed by atoms with E-state index in [4.69, 9.17) is 0 Å². The molecule has 0 spiro atoms. The number of hydrogen-bond donors (Lipinski definition) is 0. The highest BCUT2D eigenvalue weighted by molar-refractivity contribution is 7.12. The maximum absolute atomic E-state index is 12.4. The fourth-order valence-electron chi connectivity index (χ4n) is 2.27. The van der Waals surface area contributed by atoms with Crippen molar-refractivity contribution in [2.45, 2.75) is 39.5 Å². The average Bonchev–Trinajstić information content (AvgIpc) is 3.14. The van der Waals surface area contributed by atoms with Crippen LogP contribution >= 0.6 is 22.7 Å². The molecule has 0 aliphatic rings. The standard InChI is InChI=1S/C17H20O2S2/c1-17(2,16(19)15-9-6-12-21-15)10-4-3-7-13(18)14-8-5-11-20-14/h5-6,8-9,11-12H,3-4,7,10H2,1-2H3. The second-order valence-electron chi connectivity index (χ2n) is 5.80. The summed E-state index contributed by atoms with van der Waals surface area (Å²) in [6.07, 6.45) is 3.14. The normalized spacial score (nSPS) is 11.5. The molecule has 2 nitrogen and oxygen atoms in total. The number of rotatable bonds is 8. The molecular weight excluding hydrogens is 300 g/mol. The van der Waals surface area contributed by atoms with Gasteiger partial charge >= 0.3 is 0 Å². The third-order valence-electron chi connectivity index (χ3n) is 3.61. The van der Waals surface area contributed by atoms with E-state index in [1.807, 2.05) is 48.9 Å². The Morgan fingerprint density at radius 3 is 2.19 bits per heavy atom. The van der Waals surface area contributed by atoms with Crippen LogP contribution < -0.4 is 0 Å². The van der Waals surface area contributed by atoms with Crippen LogP contribution in [0.5, 0.6) is 0 Å². The first-order valence-corrected chi connectivity index (χ1v) is 8.91. The Balaban J connectivity index is 1.77. The van der Waals surface area contributed by atoms with Crippen molar-refractivity contribution in [3.63, 3.8) is 0 Å². The highest BCUT2D eigenvalue weighted by Gasteiger charge is 2.28. The van der Waals surface area contributed by atoms with E-state index in [0.29, 0.717) is 6.42 Å². The van der Waals surface area contributed by atoms with Gasteiger partial charge in [0.25, 0.3) is 0 Å². The summed E-state index contributed by atoms with van der Waals surface area (Å²) in [5.41, 5.74) is -0.350. The van der Waals surface area contributed by atoms with Crippen LogP contribution in [0.3, 0.4) is 0 Å². The topological polar surface area (TPSA) is 34.1 Å². The first kappa shape index (κ1) is 16.1. The van der Waals surface area contributed by atoms with Crippen molar-refractivity contribution in [2.24, 2.45) is 5.41 Å². The largest absolute Gasteiger partial charge is 0.293 e. The van der Waals surface area contributed by atoms with E-state index in [1.54, 1.807) is 0 Å². The van der Waals surface area contributed by atoms with Crippen molar-refractivity contribution in [3.8, 4) is 0 Å². The Kier molecular flexibility index (Phi) is 5.48. The molecule has 0 N–H and O–H groups in total. The second-order valence-corrected chi connectivity index (χ2v) is 7.69. The van der Waals surface area contributed by atoms with Crippen LogP contribution in [0, 0.1) is 5.41 Å². The minimum Gasteiger partial charge on any atom is -0.293 e. The quantitative estimate of drug-likeness (QED) is 0.478. The number of carbonyl (C=O) groups excluding carboxylic acids is 2. The minimum atomic E-state index is -0.350. The summed E-state index contributed by atoms with van der Waals surface area (Å²) in [5.74, 6) is 0.425. The molecule has 0 aromatic carbocycles. The molecule has 4 heteroatoms. The maximum atomic E-state index is 12.4. The van der Waals surface area contributed by atoms with Crippen molar-refractivity contribution in [3.05, 3.63) is 44.8 Å². The molecule has 0 amide bonds. The number of ketones is 2. The monoisotopic (exact) mass is 320 g/mol. The molecule has 0 aliphatic carbocycles. The zero-order chi connectivity index (χ0) is 15.3. The van der Waals surface area contributed by atoms with Gasteiger partial charge in [0, 0.05) is 11.8 Å². The van der Waals surface area contributed by atoms with Crippen LogP contribution in [0.4, 0.5) is 0 Å². The average molecular weight is 320 g/mol. The molecule has 0 saturated heterocycles. The Morgan fingerprint density at radius 2 is 1.62 bits per heavy atom. The Labute approximate surface area is 133 Å². The van der Waals surface area contributed by atoms with Gasteiger partial charge < -0.3 is 0 Å². The third-order valence-corrected chi connectivity index (χ3v) is 5.39. The third kappa shape index (κ3) is 4.35. The highest BCUT2D eigenvalue weighted by atomic mass is 32.1. The summed E-state index contributed by atoms with van der Waals surface area (Å²) in [7, 11) is 0. The Morgan fingerprint density at radius 1 is 1.00 bits per heavy atom. The van der Waals surface area contributed by atoms with Gasteiger partial charge in [-0.3, -0.25) is 9.59 Å². The van der Waals surface area contributed by atoms with E-state index >= 15 is 0 Å². The van der Waals surface area contributed by atoms with Crippen molar-refractivity contribution >= 4 is 34.2 Å². The van der Waals surface area contributed by atoms with E-state index in [9.17, 15) is 9.59 Å². The van der Waals surface area contributed by atoms with E-state index in [0.717, 1.165) is 29.0 Å². The van der Waals surface area contributed by atoms with Crippen molar-refractivity contribution < 1.29 is 9.59 Å². The zero-order valence-electron chi connectivity index (χ0n) is 12.4. The number of carbonyl (C=O) groups is 2. The van der Waals surface area contributed by atoms with Gasteiger partial charge in [0.05, 0.1) is 9.75 Å². The maximum Gasteiger partial charge on any atom is 0.178 e. The lowest BCUT2D eigenvalue weighted by Gasteiger charge is -2.22. The molecule has 2 rings (SSSR count). The number of thiophene rings is 2. The van der Waals surface area contributed by atoms with Gasteiger partial charge in [-0.25, -0.2) is 0 Å². The van der Waals surface area contributed by atoms with Crippen LogP contribution in [-0.4, -0.2) is 11.6 Å². The molecule has 0 radical (unpaired) electrons. The number of unbranched alkanes of at least 4 members (excludes halogenated alkanes) is 1. The van der Waals surface area contributed by atoms with Gasteiger partial charge in [0.1, 0.15) is 0 Å². The molecule has 0 bridgehead atoms. The first-order chi connectivity index (χ1) is 10.0. The van der Waals surface area contributed by atoms with E-state index < -0.39 is 0 Å². The minimum absolute atomic E-state index is 0.210. The lowest BCUT2D eigenvalue weighted by molar-refractivity contribution is 0.0827. The number of hydrogen-bond acceptors (Lipinski definition) is 4. The number of Topliss-reactive ketones (excluding diaryl/α,β-unsaturated/α-hetero) is 2. The second kappa shape index (κ2) is 7.14. The molecule has 2 aromatic heterocycles. The van der Waals surface area contributed by atoms with E-state index in [2.05, 4.69) is 0 Å². The summed E-state index contributed by atoms with van der Waals surface area (Å²) in [4.78, 5) is 25.9. The summed E-state index contributed by atoms with van der Waals surface area (Å²) in [6.45, 7) is 3.99. The van der Waals surface area contributed by atoms with Crippen LogP contribution in [0.25, 0.3) is 0 Å². The van der Waals surface area contributed by atoms with Gasteiger partial charge in [-0.2, -0.15) is 0 Å². The van der Waals surface area contributed by atoms with Crippen LogP contribution in [0.2, 0.25) is 0 Å². The van der Waals surface area contributed by atoms with E-state index in [-0.39, 0.29) is 17.0 Å². The molecule has 21 heavy (non-hydrogen) atoms. The molecule has 2 aromatic rings. The Bertz CT molecular complexity index is 580. The van der Waals surface area contributed by atoms with E-state index in [1.165, 1.54) is 22.7 Å². The molecule has 0 unspecified atom stereocenters. The van der Waals surface area contributed by atoms with Crippen molar-refractivity contribution in [1.82, 2.24) is 0 Å². The van der Waals surface area contributed by atoms with Crippen molar-refractivity contribution in [2.75, 3.05) is 0 Å². The van der Waals surface area contributed by atoms with Gasteiger partial charge in [-0.15, -0.1) is 22.7 Å². The fourth-order valence-corrected chi connectivity index (χ4v) is 3.81. The molecule has 0 atom stereocenters. The first-order valence-electron chi connectivity index (χ1n) is 7.16. The van der Waals surface area contributed by atoms with Crippen LogP contribution in [0.1, 0.15) is 58.9 Å². The fraction of sp³-hybridized carbons (Fsp3) is 0.412. The van der Waals surface area contributed by atoms with Crippen LogP contribution in [-0.2, 0) is 0 Å². The van der Waals surface area contributed by atoms with Gasteiger partial charge in [-0.1, -0.05) is 32.4 Å². The van der Waals surface area contributed by atoms with Gasteiger partial charge in [-0.05, 0) is 35.7 Å². The molecule has 2 heterocycles. The molecule has 0 saturated carbocycles. The summed E-state index contributed by atoms with van der Waals surface area (Å²) < 4.78 is 0. The molecule has 0 fully saturated rings. The summed E-state index contributed by atoms with van der Waals surface area (Å²) in [5, 5.41) is 3.86. The Hall–Kier alpha value is -1.26. The lowest BCUT2D eigenvalue weighted by Crippen LogP contribution is -2.23. The molecule has 0 aliphatic heterocycles. The van der Waals surface area contributed by atoms with Gasteiger partial charge in [0.2, 0.25) is 0 Å². The van der Waals surface area contributed by atoms with Crippen molar-refractivity contribution in [1.29, 1.82) is 0 Å². The highest BCUT2D eigenvalue weighted by Crippen LogP contribution is 2.30. The summed E-state index contributed by atoms with van der Waals surface area (Å²) in [6, 6.07) is 7.57. The zero-order valence-corrected chi connectivity index (χ0v) is 14.1. The van der Waals surface area contributed by atoms with Gasteiger partial charge in [0.15, 0.2) is 11.6 Å². The molecule has 112 valence electrons. The predicted molar refractivity (Wildman–Crippen MR) is 89.5 cm³/mol. The SMILES string of the molecule is CC(C)(CCCCC(=O)c1cccs1)C(=O)c1cccs1.